The maximum Gasteiger partial charge on any atom is 0.534 e. The summed E-state index contributed by atoms with van der Waals surface area (Å²) < 4.78 is 68.6. The van der Waals surface area contributed by atoms with E-state index in [0.29, 0.717) is 17.7 Å². The van der Waals surface area contributed by atoms with Gasteiger partial charge in [0.05, 0.1) is 6.61 Å². The van der Waals surface area contributed by atoms with Gasteiger partial charge in [0.15, 0.2) is 0 Å². The Morgan fingerprint density at radius 3 is 2.07 bits per heavy atom. The Morgan fingerprint density at radius 1 is 0.897 bits per heavy atom. The van der Waals surface area contributed by atoms with Crippen molar-refractivity contribution in [3.8, 4) is 22.9 Å². The van der Waals surface area contributed by atoms with Gasteiger partial charge in [-0.1, -0.05) is 51.2 Å². The molecular formula is C19H23F3N2O4S. The summed E-state index contributed by atoms with van der Waals surface area (Å²) in [6.07, 6.45) is 9.93. The molecular weight excluding hydrogens is 409 g/mol. The molecule has 0 aliphatic heterocycles. The minimum atomic E-state index is -5.69. The first-order valence-electron chi connectivity index (χ1n) is 9.29. The molecule has 0 unspecified atom stereocenters. The van der Waals surface area contributed by atoms with Crippen molar-refractivity contribution < 1.29 is 30.5 Å². The zero-order valence-corrected chi connectivity index (χ0v) is 16.8. The average molecular weight is 432 g/mol. The average Bonchev–Trinajstić information content (AvgIpc) is 2.67. The third-order valence-electron chi connectivity index (χ3n) is 4.03. The third-order valence-corrected chi connectivity index (χ3v) is 5.01. The quantitative estimate of drug-likeness (QED) is 0.279. The van der Waals surface area contributed by atoms with Crippen LogP contribution in [0.3, 0.4) is 0 Å². The minimum absolute atomic E-state index is 0.249. The van der Waals surface area contributed by atoms with Crippen LogP contribution in [0.25, 0.3) is 11.1 Å². The number of nitrogens with zero attached hydrogens (tertiary/aromatic N) is 2. The zero-order chi connectivity index (χ0) is 21.3. The molecule has 1 aromatic carbocycles. The Hall–Kier alpha value is -2.36. The lowest BCUT2D eigenvalue weighted by Crippen LogP contribution is -2.28. The number of unbranched alkanes of at least 4 members (excludes halogenated alkanes) is 5. The number of aromatic nitrogens is 2. The predicted octanol–water partition coefficient (Wildman–Crippen LogP) is 5.11. The molecule has 29 heavy (non-hydrogen) atoms. The van der Waals surface area contributed by atoms with E-state index < -0.39 is 21.4 Å². The van der Waals surface area contributed by atoms with Gasteiger partial charge in [-0.3, -0.25) is 0 Å². The second-order valence-corrected chi connectivity index (χ2v) is 7.92. The van der Waals surface area contributed by atoms with Crippen molar-refractivity contribution in [3.05, 3.63) is 36.7 Å². The van der Waals surface area contributed by atoms with Crippen LogP contribution in [0.1, 0.15) is 45.4 Å². The lowest BCUT2D eigenvalue weighted by atomic mass is 10.1. The maximum atomic E-state index is 12.3. The molecule has 0 radical (unpaired) electrons. The summed E-state index contributed by atoms with van der Waals surface area (Å²) in [5, 5.41) is 0. The van der Waals surface area contributed by atoms with Crippen LogP contribution in [0.15, 0.2) is 36.7 Å². The van der Waals surface area contributed by atoms with Gasteiger partial charge in [-0.15, -0.1) is 0 Å². The number of halogens is 3. The standard InChI is InChI=1S/C19H23F3N2O4S/c1-2-3-4-5-6-7-12-27-18-23-13-16(14-24-18)15-8-10-17(11-9-15)28-29(25,26)19(20,21)22/h8-11,13-14H,2-7,12H2,1H3. The van der Waals surface area contributed by atoms with Crippen molar-refractivity contribution >= 4 is 10.1 Å². The Labute approximate surface area is 168 Å². The van der Waals surface area contributed by atoms with Crippen LogP contribution in [0, 0.1) is 0 Å². The molecule has 10 heteroatoms. The fraction of sp³-hybridized carbons (Fsp3) is 0.474. The van der Waals surface area contributed by atoms with Crippen molar-refractivity contribution in [1.29, 1.82) is 0 Å². The van der Waals surface area contributed by atoms with Gasteiger partial charge in [-0.2, -0.15) is 21.6 Å². The number of hydrogen-bond donors (Lipinski definition) is 0. The Balaban J connectivity index is 1.87. The smallest absolute Gasteiger partial charge is 0.463 e. The number of rotatable bonds is 11. The monoisotopic (exact) mass is 432 g/mol. The van der Waals surface area contributed by atoms with E-state index in [-0.39, 0.29) is 6.01 Å². The number of benzene rings is 1. The maximum absolute atomic E-state index is 12.3. The molecule has 6 nitrogen and oxygen atoms in total. The van der Waals surface area contributed by atoms with Gasteiger partial charge < -0.3 is 8.92 Å². The summed E-state index contributed by atoms with van der Waals surface area (Å²) in [7, 11) is -5.69. The van der Waals surface area contributed by atoms with Gasteiger partial charge in [0.25, 0.3) is 0 Å². The topological polar surface area (TPSA) is 78.4 Å². The summed E-state index contributed by atoms with van der Waals surface area (Å²) in [6.45, 7) is 2.70. The van der Waals surface area contributed by atoms with Gasteiger partial charge in [0, 0.05) is 18.0 Å². The Morgan fingerprint density at radius 2 is 1.48 bits per heavy atom. The van der Waals surface area contributed by atoms with Crippen molar-refractivity contribution in [2.45, 2.75) is 51.0 Å². The van der Waals surface area contributed by atoms with E-state index in [0.717, 1.165) is 25.0 Å². The summed E-state index contributed by atoms with van der Waals surface area (Å²) >= 11 is 0. The van der Waals surface area contributed by atoms with Crippen LogP contribution in [-0.2, 0) is 10.1 Å². The molecule has 2 rings (SSSR count). The molecule has 0 fully saturated rings. The first-order valence-corrected chi connectivity index (χ1v) is 10.7. The molecule has 0 saturated heterocycles. The number of alkyl halides is 3. The van der Waals surface area contributed by atoms with Crippen LogP contribution in [-0.4, -0.2) is 30.5 Å². The fourth-order valence-electron chi connectivity index (χ4n) is 2.46. The first-order chi connectivity index (χ1) is 13.7. The molecule has 160 valence electrons. The van der Waals surface area contributed by atoms with Gasteiger partial charge in [-0.25, -0.2) is 9.97 Å². The van der Waals surface area contributed by atoms with E-state index in [9.17, 15) is 21.6 Å². The molecule has 0 bridgehead atoms. The molecule has 0 atom stereocenters. The highest BCUT2D eigenvalue weighted by atomic mass is 32.2. The van der Waals surface area contributed by atoms with Crippen LogP contribution < -0.4 is 8.92 Å². The van der Waals surface area contributed by atoms with Crippen LogP contribution >= 0.6 is 0 Å². The SMILES string of the molecule is CCCCCCCCOc1ncc(-c2ccc(OS(=O)(=O)C(F)(F)F)cc2)cn1. The van der Waals surface area contributed by atoms with Crippen LogP contribution in [0.2, 0.25) is 0 Å². The third kappa shape index (κ3) is 7.19. The fourth-order valence-corrected chi connectivity index (χ4v) is 2.92. The van der Waals surface area contributed by atoms with Crippen molar-refractivity contribution in [2.24, 2.45) is 0 Å². The second kappa shape index (κ2) is 10.4. The second-order valence-electron chi connectivity index (χ2n) is 6.38. The lowest BCUT2D eigenvalue weighted by molar-refractivity contribution is -0.0500. The largest absolute Gasteiger partial charge is 0.534 e. The molecule has 1 aromatic heterocycles. The highest BCUT2D eigenvalue weighted by Gasteiger charge is 2.48. The molecule has 1 heterocycles. The van der Waals surface area contributed by atoms with E-state index in [1.165, 1.54) is 50.2 Å². The number of hydrogen-bond acceptors (Lipinski definition) is 6. The Kier molecular flexibility index (Phi) is 8.24. The normalized spacial score (nSPS) is 12.0. The Bertz CT molecular complexity index is 855. The van der Waals surface area contributed by atoms with Crippen molar-refractivity contribution in [1.82, 2.24) is 9.97 Å². The lowest BCUT2D eigenvalue weighted by Gasteiger charge is -2.10. The highest BCUT2D eigenvalue weighted by molar-refractivity contribution is 7.88. The number of ether oxygens (including phenoxy) is 1. The van der Waals surface area contributed by atoms with Crippen molar-refractivity contribution in [2.75, 3.05) is 6.61 Å². The molecule has 0 N–H and O–H groups in total. The molecule has 0 saturated carbocycles. The van der Waals surface area contributed by atoms with Gasteiger partial charge in [0.1, 0.15) is 5.75 Å². The van der Waals surface area contributed by atoms with E-state index in [4.69, 9.17) is 4.74 Å². The highest BCUT2D eigenvalue weighted by Crippen LogP contribution is 2.28. The summed E-state index contributed by atoms with van der Waals surface area (Å²) in [4.78, 5) is 8.21. The zero-order valence-electron chi connectivity index (χ0n) is 16.0. The van der Waals surface area contributed by atoms with E-state index in [1.807, 2.05) is 0 Å². The van der Waals surface area contributed by atoms with Gasteiger partial charge >= 0.3 is 21.6 Å². The van der Waals surface area contributed by atoms with Gasteiger partial charge in [-0.05, 0) is 24.1 Å². The van der Waals surface area contributed by atoms with E-state index in [1.54, 1.807) is 0 Å². The predicted molar refractivity (Wildman–Crippen MR) is 102 cm³/mol. The summed E-state index contributed by atoms with van der Waals surface area (Å²) in [5.41, 5.74) is -4.29. The molecule has 0 spiro atoms. The van der Waals surface area contributed by atoms with Gasteiger partial charge in [0.2, 0.25) is 0 Å². The van der Waals surface area contributed by atoms with Crippen LogP contribution in [0.4, 0.5) is 13.2 Å². The molecule has 0 amide bonds. The van der Waals surface area contributed by atoms with Crippen molar-refractivity contribution in [3.63, 3.8) is 0 Å². The summed E-state index contributed by atoms with van der Waals surface area (Å²) in [6, 6.07) is 5.33. The minimum Gasteiger partial charge on any atom is -0.463 e. The molecule has 0 aliphatic carbocycles. The molecule has 0 aliphatic rings. The molecule has 2 aromatic rings. The van der Waals surface area contributed by atoms with Crippen LogP contribution in [0.5, 0.6) is 11.8 Å². The van der Waals surface area contributed by atoms with E-state index >= 15 is 0 Å². The summed E-state index contributed by atoms with van der Waals surface area (Å²) in [5.74, 6) is -0.439. The first kappa shape index (κ1) is 22.9. The van der Waals surface area contributed by atoms with E-state index in [2.05, 4.69) is 21.1 Å².